The average molecular weight is 156 g/mol. The van der Waals surface area contributed by atoms with Gasteiger partial charge in [-0.1, -0.05) is 33.8 Å². The highest BCUT2D eigenvalue weighted by Crippen LogP contribution is 2.13. The minimum Gasteiger partial charge on any atom is -0.499 e. The summed E-state index contributed by atoms with van der Waals surface area (Å²) in [7, 11) is 0. The van der Waals surface area contributed by atoms with Gasteiger partial charge in [0, 0.05) is 0 Å². The van der Waals surface area contributed by atoms with Gasteiger partial charge >= 0.3 is 0 Å². The molecule has 0 saturated heterocycles. The van der Waals surface area contributed by atoms with Crippen molar-refractivity contribution in [2.75, 3.05) is 0 Å². The fourth-order valence-corrected chi connectivity index (χ4v) is 1.23. The summed E-state index contributed by atoms with van der Waals surface area (Å²) >= 11 is 0. The van der Waals surface area contributed by atoms with Crippen LogP contribution in [0.5, 0.6) is 0 Å². The lowest BCUT2D eigenvalue weighted by atomic mass is 10.0. The minimum absolute atomic E-state index is 0.387. The summed E-state index contributed by atoms with van der Waals surface area (Å²) < 4.78 is 5.36. The van der Waals surface area contributed by atoms with Crippen molar-refractivity contribution in [1.29, 1.82) is 0 Å². The van der Waals surface area contributed by atoms with E-state index in [2.05, 4.69) is 27.4 Å². The van der Waals surface area contributed by atoms with E-state index in [1.54, 1.807) is 6.26 Å². The second-order valence-corrected chi connectivity index (χ2v) is 3.34. The van der Waals surface area contributed by atoms with E-state index in [4.69, 9.17) is 4.74 Å². The van der Waals surface area contributed by atoms with Crippen molar-refractivity contribution in [2.24, 2.45) is 5.92 Å². The fraction of sp³-hybridized carbons (Fsp3) is 0.800. The van der Waals surface area contributed by atoms with E-state index < -0.39 is 0 Å². The Morgan fingerprint density at radius 3 is 2.45 bits per heavy atom. The molecule has 0 spiro atoms. The fourth-order valence-electron chi connectivity index (χ4n) is 1.23. The Bertz CT molecular complexity index is 97.0. The van der Waals surface area contributed by atoms with Gasteiger partial charge in [-0.15, -0.1) is 0 Å². The van der Waals surface area contributed by atoms with Gasteiger partial charge in [-0.2, -0.15) is 0 Å². The first-order valence-electron chi connectivity index (χ1n) is 4.47. The van der Waals surface area contributed by atoms with E-state index >= 15 is 0 Å². The normalized spacial score (nSPS) is 13.1. The zero-order chi connectivity index (χ0) is 8.69. The molecule has 0 aromatic rings. The van der Waals surface area contributed by atoms with E-state index in [-0.39, 0.29) is 0 Å². The van der Waals surface area contributed by atoms with E-state index in [9.17, 15) is 0 Å². The monoisotopic (exact) mass is 156 g/mol. The second-order valence-electron chi connectivity index (χ2n) is 3.34. The molecule has 0 saturated carbocycles. The minimum atomic E-state index is 0.387. The van der Waals surface area contributed by atoms with Crippen LogP contribution in [0.15, 0.2) is 12.8 Å². The maximum absolute atomic E-state index is 5.36. The van der Waals surface area contributed by atoms with Gasteiger partial charge in [-0.3, -0.25) is 0 Å². The molecule has 66 valence electrons. The lowest BCUT2D eigenvalue weighted by Crippen LogP contribution is -2.12. The van der Waals surface area contributed by atoms with E-state index in [1.807, 2.05) is 0 Å². The third-order valence-electron chi connectivity index (χ3n) is 1.63. The van der Waals surface area contributed by atoms with Crippen molar-refractivity contribution in [3.63, 3.8) is 0 Å². The van der Waals surface area contributed by atoms with Crippen LogP contribution in [0.4, 0.5) is 0 Å². The Hall–Kier alpha value is -0.460. The Balaban J connectivity index is 3.58. The van der Waals surface area contributed by atoms with E-state index in [1.165, 1.54) is 6.42 Å². The summed E-state index contributed by atoms with van der Waals surface area (Å²) in [5.74, 6) is 0.714. The third-order valence-corrected chi connectivity index (χ3v) is 1.63. The molecule has 0 aliphatic heterocycles. The summed E-state index contributed by atoms with van der Waals surface area (Å²) in [5, 5.41) is 0. The Morgan fingerprint density at radius 1 is 1.45 bits per heavy atom. The maximum atomic E-state index is 5.36. The molecular formula is C10H20O. The number of rotatable bonds is 6. The molecule has 1 atom stereocenters. The van der Waals surface area contributed by atoms with Crippen molar-refractivity contribution in [2.45, 2.75) is 46.1 Å². The second kappa shape index (κ2) is 6.26. The van der Waals surface area contributed by atoms with Crippen LogP contribution in [0.2, 0.25) is 0 Å². The van der Waals surface area contributed by atoms with Gasteiger partial charge in [0.15, 0.2) is 0 Å². The molecule has 0 rings (SSSR count). The number of ether oxygens (including phenoxy) is 1. The molecule has 0 bridgehead atoms. The highest BCUT2D eigenvalue weighted by atomic mass is 16.5. The van der Waals surface area contributed by atoms with Crippen molar-refractivity contribution in [3.05, 3.63) is 12.8 Å². The summed E-state index contributed by atoms with van der Waals surface area (Å²) in [5.41, 5.74) is 0. The molecule has 11 heavy (non-hydrogen) atoms. The van der Waals surface area contributed by atoms with Crippen LogP contribution in [0, 0.1) is 5.92 Å². The standard InChI is InChI=1S/C10H20O/c1-5-7-10(11-6-2)8-9(3)4/h6,9-10H,2,5,7-8H2,1,3-4H3. The molecule has 1 heteroatoms. The average Bonchev–Trinajstić information content (AvgIpc) is 1.87. The van der Waals surface area contributed by atoms with Gasteiger partial charge in [-0.25, -0.2) is 0 Å². The first kappa shape index (κ1) is 10.5. The van der Waals surface area contributed by atoms with Gasteiger partial charge in [0.1, 0.15) is 0 Å². The van der Waals surface area contributed by atoms with Gasteiger partial charge in [0.25, 0.3) is 0 Å². The summed E-state index contributed by atoms with van der Waals surface area (Å²) in [6.45, 7) is 10.2. The van der Waals surface area contributed by atoms with Crippen molar-refractivity contribution in [3.8, 4) is 0 Å². The summed E-state index contributed by atoms with van der Waals surface area (Å²) in [6.07, 6.45) is 5.41. The van der Waals surface area contributed by atoms with Crippen LogP contribution in [-0.4, -0.2) is 6.10 Å². The van der Waals surface area contributed by atoms with Gasteiger partial charge < -0.3 is 4.74 Å². The van der Waals surface area contributed by atoms with Crippen molar-refractivity contribution < 1.29 is 4.74 Å². The van der Waals surface area contributed by atoms with Crippen LogP contribution < -0.4 is 0 Å². The Labute approximate surface area is 70.4 Å². The van der Waals surface area contributed by atoms with E-state index in [0.717, 1.165) is 12.8 Å². The molecule has 0 amide bonds. The number of hydrogen-bond acceptors (Lipinski definition) is 1. The summed E-state index contributed by atoms with van der Waals surface area (Å²) in [6, 6.07) is 0. The predicted molar refractivity (Wildman–Crippen MR) is 49.4 cm³/mol. The van der Waals surface area contributed by atoms with E-state index in [0.29, 0.717) is 12.0 Å². The highest BCUT2D eigenvalue weighted by molar-refractivity contribution is 4.64. The topological polar surface area (TPSA) is 9.23 Å². The van der Waals surface area contributed by atoms with Crippen LogP contribution >= 0.6 is 0 Å². The zero-order valence-corrected chi connectivity index (χ0v) is 7.97. The van der Waals surface area contributed by atoms with Gasteiger partial charge in [0.2, 0.25) is 0 Å². The molecule has 1 unspecified atom stereocenters. The predicted octanol–water partition coefficient (Wildman–Crippen LogP) is 3.36. The zero-order valence-electron chi connectivity index (χ0n) is 7.97. The van der Waals surface area contributed by atoms with Crippen LogP contribution in [0.3, 0.4) is 0 Å². The molecule has 0 radical (unpaired) electrons. The lowest BCUT2D eigenvalue weighted by Gasteiger charge is -2.17. The molecule has 0 aliphatic carbocycles. The lowest BCUT2D eigenvalue weighted by molar-refractivity contribution is 0.114. The third kappa shape index (κ3) is 5.96. The molecule has 0 aliphatic rings. The van der Waals surface area contributed by atoms with Crippen LogP contribution in [0.1, 0.15) is 40.0 Å². The first-order chi connectivity index (χ1) is 5.20. The SMILES string of the molecule is C=COC(CCC)CC(C)C. The van der Waals surface area contributed by atoms with Crippen molar-refractivity contribution in [1.82, 2.24) is 0 Å². The molecule has 0 fully saturated rings. The summed E-state index contributed by atoms with van der Waals surface area (Å²) in [4.78, 5) is 0. The van der Waals surface area contributed by atoms with Gasteiger partial charge in [-0.05, 0) is 18.8 Å². The smallest absolute Gasteiger partial charge is 0.0980 e. The Morgan fingerprint density at radius 2 is 2.09 bits per heavy atom. The Kier molecular flexibility index (Phi) is 6.00. The number of hydrogen-bond donors (Lipinski definition) is 0. The largest absolute Gasteiger partial charge is 0.499 e. The van der Waals surface area contributed by atoms with Gasteiger partial charge in [0.05, 0.1) is 12.4 Å². The molecular weight excluding hydrogens is 136 g/mol. The first-order valence-corrected chi connectivity index (χ1v) is 4.47. The quantitative estimate of drug-likeness (QED) is 0.536. The molecule has 1 nitrogen and oxygen atoms in total. The molecule has 0 heterocycles. The maximum Gasteiger partial charge on any atom is 0.0980 e. The highest BCUT2D eigenvalue weighted by Gasteiger charge is 2.08. The van der Waals surface area contributed by atoms with Crippen molar-refractivity contribution >= 4 is 0 Å². The molecule has 0 aromatic heterocycles. The molecule has 0 N–H and O–H groups in total. The van der Waals surface area contributed by atoms with Crippen LogP contribution in [-0.2, 0) is 4.74 Å². The molecule has 0 aromatic carbocycles. The van der Waals surface area contributed by atoms with Crippen LogP contribution in [0.25, 0.3) is 0 Å².